The van der Waals surface area contributed by atoms with Gasteiger partial charge in [-0.05, 0) is 12.1 Å². The maximum absolute atomic E-state index is 13.1. The molecule has 0 saturated carbocycles. The van der Waals surface area contributed by atoms with Gasteiger partial charge in [-0.2, -0.15) is 12.6 Å². The molecular formula is C23H29N4O3S+. The number of anilines is 2. The van der Waals surface area contributed by atoms with E-state index in [2.05, 4.69) is 23.3 Å². The number of likely N-dealkylation sites (N-methyl/N-ethyl adjacent to an activating group) is 1. The van der Waals surface area contributed by atoms with Crippen LogP contribution in [0.15, 0.2) is 36.4 Å². The number of benzene rings is 2. The highest BCUT2D eigenvalue weighted by atomic mass is 32.1. The summed E-state index contributed by atoms with van der Waals surface area (Å²) in [7, 11) is 4.01. The van der Waals surface area contributed by atoms with E-state index in [0.717, 1.165) is 13.0 Å². The van der Waals surface area contributed by atoms with E-state index in [1.54, 1.807) is 36.4 Å². The molecule has 0 atom stereocenters. The van der Waals surface area contributed by atoms with Crippen molar-refractivity contribution in [2.45, 2.75) is 6.42 Å². The molecule has 2 aromatic rings. The fraction of sp³-hybridized carbons (Fsp3) is 0.348. The fourth-order valence-electron chi connectivity index (χ4n) is 3.84. The molecule has 0 saturated heterocycles. The number of fused-ring (bicyclic) bond motifs is 2. The van der Waals surface area contributed by atoms with Gasteiger partial charge in [0, 0.05) is 47.8 Å². The van der Waals surface area contributed by atoms with Crippen molar-refractivity contribution in [2.75, 3.05) is 57.1 Å². The summed E-state index contributed by atoms with van der Waals surface area (Å²) in [6.07, 6.45) is 0.782. The molecule has 3 rings (SSSR count). The van der Waals surface area contributed by atoms with Crippen LogP contribution in [0, 0.1) is 0 Å². The lowest BCUT2D eigenvalue weighted by Crippen LogP contribution is -2.48. The number of hydrogen-bond donors (Lipinski definition) is 4. The van der Waals surface area contributed by atoms with Gasteiger partial charge in [0.15, 0.2) is 18.1 Å². The van der Waals surface area contributed by atoms with Crippen molar-refractivity contribution in [1.82, 2.24) is 5.32 Å². The molecule has 1 aliphatic rings. The molecule has 4 N–H and O–H groups in total. The zero-order valence-electron chi connectivity index (χ0n) is 17.9. The van der Waals surface area contributed by atoms with Crippen molar-refractivity contribution >= 4 is 41.5 Å². The van der Waals surface area contributed by atoms with Crippen molar-refractivity contribution in [3.05, 3.63) is 58.7 Å². The molecule has 7 nitrogen and oxygen atoms in total. The van der Waals surface area contributed by atoms with Gasteiger partial charge in [-0.1, -0.05) is 24.3 Å². The van der Waals surface area contributed by atoms with Gasteiger partial charge in [0.25, 0.3) is 5.91 Å². The summed E-state index contributed by atoms with van der Waals surface area (Å²) in [5.41, 5.74) is 8.37. The van der Waals surface area contributed by atoms with Crippen molar-refractivity contribution < 1.29 is 18.9 Å². The molecule has 0 heterocycles. The van der Waals surface area contributed by atoms with E-state index in [4.69, 9.17) is 5.73 Å². The third-order valence-corrected chi connectivity index (χ3v) is 5.59. The molecule has 0 fully saturated rings. The van der Waals surface area contributed by atoms with Crippen LogP contribution in [0.2, 0.25) is 0 Å². The first kappa shape index (κ1) is 22.8. The van der Waals surface area contributed by atoms with Gasteiger partial charge in [-0.15, -0.1) is 0 Å². The van der Waals surface area contributed by atoms with Gasteiger partial charge < -0.3 is 20.9 Å². The summed E-state index contributed by atoms with van der Waals surface area (Å²) in [5, 5.41) is 6.13. The molecule has 0 spiro atoms. The van der Waals surface area contributed by atoms with Crippen LogP contribution in [0.1, 0.15) is 38.3 Å². The highest BCUT2D eigenvalue weighted by Crippen LogP contribution is 2.35. The molecule has 0 unspecified atom stereocenters. The number of nitrogens with two attached hydrogens (primary N) is 1. The quantitative estimate of drug-likeness (QED) is 0.176. The molecule has 1 aliphatic carbocycles. The van der Waals surface area contributed by atoms with E-state index < -0.39 is 0 Å². The molecule has 8 heteroatoms. The van der Waals surface area contributed by atoms with E-state index in [-0.39, 0.29) is 23.0 Å². The third kappa shape index (κ3) is 5.08. The summed E-state index contributed by atoms with van der Waals surface area (Å²) in [4.78, 5) is 38.1. The second-order valence-corrected chi connectivity index (χ2v) is 8.77. The van der Waals surface area contributed by atoms with Crippen LogP contribution in [-0.4, -0.2) is 68.0 Å². The Bertz CT molecular complexity index is 1020. The normalized spacial score (nSPS) is 12.9. The molecule has 0 aliphatic heterocycles. The van der Waals surface area contributed by atoms with E-state index in [9.17, 15) is 14.4 Å². The topological polar surface area (TPSA) is 101 Å². The van der Waals surface area contributed by atoms with Gasteiger partial charge in [-0.25, -0.2) is 0 Å². The fourth-order valence-corrected chi connectivity index (χ4v) is 3.96. The Morgan fingerprint density at radius 1 is 1.00 bits per heavy atom. The maximum atomic E-state index is 13.1. The van der Waals surface area contributed by atoms with Gasteiger partial charge in [0.05, 0.1) is 31.8 Å². The number of thiol groups is 1. The van der Waals surface area contributed by atoms with Crippen LogP contribution in [0.3, 0.4) is 0 Å². The summed E-state index contributed by atoms with van der Waals surface area (Å²) < 4.78 is 0.546. The van der Waals surface area contributed by atoms with E-state index in [1.165, 1.54) is 0 Å². The smallest absolute Gasteiger partial charge is 0.275 e. The van der Waals surface area contributed by atoms with Crippen molar-refractivity contribution in [1.29, 1.82) is 0 Å². The molecule has 0 aromatic heterocycles. The Morgan fingerprint density at radius 3 is 2.29 bits per heavy atom. The zero-order chi connectivity index (χ0) is 22.6. The van der Waals surface area contributed by atoms with Gasteiger partial charge in [-0.3, -0.25) is 14.4 Å². The van der Waals surface area contributed by atoms with Crippen molar-refractivity contribution in [3.63, 3.8) is 0 Å². The molecular weight excluding hydrogens is 412 g/mol. The van der Waals surface area contributed by atoms with Crippen LogP contribution in [0.4, 0.5) is 11.4 Å². The number of amides is 1. The van der Waals surface area contributed by atoms with Crippen LogP contribution in [0.5, 0.6) is 0 Å². The van der Waals surface area contributed by atoms with E-state index in [1.807, 2.05) is 14.1 Å². The first-order valence-corrected chi connectivity index (χ1v) is 10.9. The lowest BCUT2D eigenvalue weighted by Gasteiger charge is -2.29. The first-order chi connectivity index (χ1) is 14.7. The number of rotatable bonds is 9. The number of hydrogen-bond acceptors (Lipinski definition) is 6. The molecule has 2 aromatic carbocycles. The van der Waals surface area contributed by atoms with Crippen LogP contribution in [0.25, 0.3) is 0 Å². The van der Waals surface area contributed by atoms with E-state index in [0.29, 0.717) is 57.9 Å². The lowest BCUT2D eigenvalue weighted by atomic mass is 9.82. The second-order valence-electron chi connectivity index (χ2n) is 8.33. The van der Waals surface area contributed by atoms with Crippen LogP contribution in [-0.2, 0) is 4.79 Å². The highest BCUT2D eigenvalue weighted by molar-refractivity contribution is 7.80. The average Bonchev–Trinajstić information content (AvgIpc) is 2.74. The Morgan fingerprint density at radius 2 is 1.65 bits per heavy atom. The second kappa shape index (κ2) is 9.53. The summed E-state index contributed by atoms with van der Waals surface area (Å²) >= 11 is 4.10. The minimum absolute atomic E-state index is 0.00221. The third-order valence-electron chi connectivity index (χ3n) is 5.37. The van der Waals surface area contributed by atoms with Gasteiger partial charge >= 0.3 is 0 Å². The largest absolute Gasteiger partial charge is 0.398 e. The van der Waals surface area contributed by atoms with Gasteiger partial charge in [0.2, 0.25) is 0 Å². The maximum Gasteiger partial charge on any atom is 0.275 e. The number of quaternary nitrogens is 1. The standard InChI is InChI=1S/C23H28N4O3S/c1-27(2,14-19(28)26-11-13-31)12-5-10-25-18-9-8-17(24)20-21(18)23(30)16-7-4-3-6-15(16)22(20)29/h3-4,6-9,25H,5,10-14,24H2,1-2H3,(H-,26,28,31)/p+1. The Kier molecular flexibility index (Phi) is 7.02. The number of nitrogens with one attached hydrogen (secondary N) is 2. The Labute approximate surface area is 188 Å². The summed E-state index contributed by atoms with van der Waals surface area (Å²) in [5.74, 6) is 0.191. The molecule has 164 valence electrons. The Hall–Kier alpha value is -2.84. The summed E-state index contributed by atoms with van der Waals surface area (Å²) in [6, 6.07) is 10.2. The Balaban J connectivity index is 1.68. The molecule has 1 amide bonds. The molecule has 0 radical (unpaired) electrons. The molecule has 0 bridgehead atoms. The highest BCUT2D eigenvalue weighted by Gasteiger charge is 2.33. The number of ketones is 2. The van der Waals surface area contributed by atoms with Crippen LogP contribution < -0.4 is 16.4 Å². The van der Waals surface area contributed by atoms with Gasteiger partial charge in [0.1, 0.15) is 0 Å². The monoisotopic (exact) mass is 441 g/mol. The number of carbonyl (C=O) groups excluding carboxylic acids is 3. The first-order valence-electron chi connectivity index (χ1n) is 10.3. The number of nitrogen functional groups attached to an aromatic ring is 1. The minimum Gasteiger partial charge on any atom is -0.398 e. The van der Waals surface area contributed by atoms with Crippen LogP contribution >= 0.6 is 12.6 Å². The zero-order valence-corrected chi connectivity index (χ0v) is 18.8. The SMILES string of the molecule is C[N+](C)(CCCNc1ccc(N)c2c1C(=O)c1ccccc1C2=O)CC(=O)NCCS. The number of carbonyl (C=O) groups is 3. The van der Waals surface area contributed by atoms with Crippen molar-refractivity contribution in [2.24, 2.45) is 0 Å². The number of nitrogens with zero attached hydrogens (tertiary/aromatic N) is 1. The predicted molar refractivity (Wildman–Crippen MR) is 126 cm³/mol. The summed E-state index contributed by atoms with van der Waals surface area (Å²) in [6.45, 7) is 2.31. The molecule has 31 heavy (non-hydrogen) atoms. The predicted octanol–water partition coefficient (Wildman–Crippen LogP) is 1.97. The average molecular weight is 442 g/mol. The minimum atomic E-state index is -0.226. The van der Waals surface area contributed by atoms with Crippen molar-refractivity contribution in [3.8, 4) is 0 Å². The lowest BCUT2D eigenvalue weighted by molar-refractivity contribution is -0.882. The van der Waals surface area contributed by atoms with E-state index >= 15 is 0 Å².